The first-order valence-electron chi connectivity index (χ1n) is 12.5. The predicted octanol–water partition coefficient (Wildman–Crippen LogP) is 4.17. The third kappa shape index (κ3) is 5.31. The lowest BCUT2D eigenvalue weighted by Crippen LogP contribution is -2.30. The van der Waals surface area contributed by atoms with E-state index in [1.165, 1.54) is 6.07 Å². The average Bonchev–Trinajstić information content (AvgIpc) is 3.23. The average molecular weight is 527 g/mol. The molecule has 0 saturated heterocycles. The fraction of sp³-hybridized carbons (Fsp3) is 0.480. The second kappa shape index (κ2) is 10.5. The number of nitrogens with zero attached hydrogens (tertiary/aromatic N) is 5. The number of benzene rings is 1. The standard InChI is InChI=1S/C25H28ClFN8O2/c26-18-8-13(11-28)9-19(27)21(18)33-25-32-20-12-30-24(31-15-2-1-3-17(36)10-15)34-23(20)35(25)16-6-4-14(5-7-16)22(29)37/h8-9,12,14-17,36H,1-7,10H2,(H2,29,37)(H,32,33)(H,30,31,34)/t14?,15-,16?,17+/m0/s1. The second-order valence-electron chi connectivity index (χ2n) is 9.83. The minimum atomic E-state index is -0.676. The summed E-state index contributed by atoms with van der Waals surface area (Å²) in [6.07, 6.45) is 7.11. The molecular weight excluding hydrogens is 499 g/mol. The molecule has 3 aromatic rings. The van der Waals surface area contributed by atoms with E-state index in [4.69, 9.17) is 27.6 Å². The van der Waals surface area contributed by atoms with Crippen molar-refractivity contribution >= 4 is 46.3 Å². The van der Waals surface area contributed by atoms with E-state index in [1.54, 1.807) is 6.20 Å². The lowest BCUT2D eigenvalue weighted by molar-refractivity contribution is -0.122. The van der Waals surface area contributed by atoms with Crippen LogP contribution in [-0.2, 0) is 4.79 Å². The molecular formula is C25H28ClFN8O2. The maximum atomic E-state index is 14.9. The zero-order valence-electron chi connectivity index (χ0n) is 20.1. The third-order valence-electron chi connectivity index (χ3n) is 7.28. The van der Waals surface area contributed by atoms with Gasteiger partial charge in [-0.15, -0.1) is 0 Å². The Balaban J connectivity index is 1.52. The quantitative estimate of drug-likeness (QED) is 0.373. The molecule has 0 bridgehead atoms. The van der Waals surface area contributed by atoms with Crippen LogP contribution in [0, 0.1) is 23.1 Å². The van der Waals surface area contributed by atoms with Crippen molar-refractivity contribution in [3.05, 3.63) is 34.7 Å². The summed E-state index contributed by atoms with van der Waals surface area (Å²) in [5, 5.41) is 25.5. The molecule has 2 aliphatic carbocycles. The normalized spacial score (nSPS) is 23.9. The van der Waals surface area contributed by atoms with E-state index >= 15 is 0 Å². The van der Waals surface area contributed by atoms with Gasteiger partial charge >= 0.3 is 0 Å². The van der Waals surface area contributed by atoms with Crippen molar-refractivity contribution < 1.29 is 14.3 Å². The highest BCUT2D eigenvalue weighted by Gasteiger charge is 2.30. The summed E-state index contributed by atoms with van der Waals surface area (Å²) in [6, 6.07) is 4.38. The fourth-order valence-electron chi connectivity index (χ4n) is 5.36. The van der Waals surface area contributed by atoms with Crippen molar-refractivity contribution in [3.63, 3.8) is 0 Å². The summed E-state index contributed by atoms with van der Waals surface area (Å²) in [4.78, 5) is 25.5. The molecule has 5 rings (SSSR count). The van der Waals surface area contributed by atoms with Crippen LogP contribution in [0.4, 0.5) is 22.0 Å². The number of aromatic nitrogens is 4. The zero-order valence-corrected chi connectivity index (χ0v) is 20.9. The Labute approximate surface area is 218 Å². The van der Waals surface area contributed by atoms with Crippen molar-refractivity contribution in [3.8, 4) is 6.07 Å². The molecule has 10 nitrogen and oxygen atoms in total. The Morgan fingerprint density at radius 2 is 2.00 bits per heavy atom. The number of carbonyl (C=O) groups is 1. The van der Waals surface area contributed by atoms with Gasteiger partial charge in [0.25, 0.3) is 0 Å². The topological polar surface area (TPSA) is 155 Å². The number of hydrogen-bond donors (Lipinski definition) is 4. The summed E-state index contributed by atoms with van der Waals surface area (Å²) in [6.45, 7) is 0. The Hall–Kier alpha value is -3.49. The van der Waals surface area contributed by atoms with Crippen LogP contribution in [-0.4, -0.2) is 42.7 Å². The maximum Gasteiger partial charge on any atom is 0.224 e. The molecule has 2 atom stereocenters. The molecule has 2 aliphatic rings. The largest absolute Gasteiger partial charge is 0.393 e. The van der Waals surface area contributed by atoms with Gasteiger partial charge in [-0.2, -0.15) is 10.2 Å². The molecule has 1 amide bonds. The van der Waals surface area contributed by atoms with Gasteiger partial charge in [0.1, 0.15) is 11.3 Å². The van der Waals surface area contributed by atoms with Gasteiger partial charge in [0.2, 0.25) is 17.8 Å². The number of imidazole rings is 1. The number of carbonyl (C=O) groups excluding carboxylic acids is 1. The van der Waals surface area contributed by atoms with E-state index in [-0.39, 0.29) is 46.3 Å². The minimum Gasteiger partial charge on any atom is -0.393 e. The van der Waals surface area contributed by atoms with Crippen LogP contribution in [0.25, 0.3) is 11.2 Å². The van der Waals surface area contributed by atoms with Crippen LogP contribution < -0.4 is 16.4 Å². The highest BCUT2D eigenvalue weighted by molar-refractivity contribution is 6.33. The molecule has 0 radical (unpaired) electrons. The van der Waals surface area contributed by atoms with Gasteiger partial charge in [0.05, 0.1) is 34.6 Å². The number of rotatable bonds is 6. The monoisotopic (exact) mass is 526 g/mol. The smallest absolute Gasteiger partial charge is 0.224 e. The molecule has 2 fully saturated rings. The maximum absolute atomic E-state index is 14.9. The first-order chi connectivity index (χ1) is 17.8. The highest BCUT2D eigenvalue weighted by Crippen LogP contribution is 2.38. The molecule has 12 heteroatoms. The Morgan fingerprint density at radius 1 is 1.22 bits per heavy atom. The number of nitrogens with two attached hydrogens (primary N) is 1. The van der Waals surface area contributed by atoms with Crippen molar-refractivity contribution in [1.82, 2.24) is 19.5 Å². The molecule has 1 aromatic carbocycles. The lowest BCUT2D eigenvalue weighted by Gasteiger charge is -2.29. The number of primary amides is 1. The van der Waals surface area contributed by atoms with Gasteiger partial charge in [-0.05, 0) is 63.5 Å². The summed E-state index contributed by atoms with van der Waals surface area (Å²) >= 11 is 6.30. The summed E-state index contributed by atoms with van der Waals surface area (Å²) < 4.78 is 16.8. The highest BCUT2D eigenvalue weighted by atomic mass is 35.5. The van der Waals surface area contributed by atoms with Crippen LogP contribution in [0.3, 0.4) is 0 Å². The number of aliphatic hydroxyl groups is 1. The molecule has 0 aliphatic heterocycles. The lowest BCUT2D eigenvalue weighted by atomic mass is 9.85. The molecule has 2 saturated carbocycles. The Bertz CT molecular complexity index is 1340. The van der Waals surface area contributed by atoms with Crippen molar-refractivity contribution in [2.75, 3.05) is 10.6 Å². The van der Waals surface area contributed by atoms with E-state index in [1.807, 2.05) is 10.6 Å². The minimum absolute atomic E-state index is 0.00513. The van der Waals surface area contributed by atoms with E-state index in [0.717, 1.165) is 25.3 Å². The Morgan fingerprint density at radius 3 is 2.68 bits per heavy atom. The number of amides is 1. The molecule has 5 N–H and O–H groups in total. The molecule has 194 valence electrons. The first kappa shape index (κ1) is 25.2. The van der Waals surface area contributed by atoms with Crippen LogP contribution in [0.2, 0.25) is 5.02 Å². The van der Waals surface area contributed by atoms with Crippen molar-refractivity contribution in [1.29, 1.82) is 5.26 Å². The number of aliphatic hydroxyl groups excluding tert-OH is 1. The number of halogens is 2. The molecule has 2 aromatic heterocycles. The zero-order chi connectivity index (χ0) is 26.1. The van der Waals surface area contributed by atoms with Gasteiger partial charge in [-0.1, -0.05) is 11.6 Å². The summed E-state index contributed by atoms with van der Waals surface area (Å²) in [5.41, 5.74) is 6.72. The van der Waals surface area contributed by atoms with Crippen LogP contribution in [0.1, 0.15) is 63.0 Å². The van der Waals surface area contributed by atoms with Gasteiger partial charge in [0, 0.05) is 18.0 Å². The van der Waals surface area contributed by atoms with Crippen LogP contribution >= 0.6 is 11.6 Å². The van der Waals surface area contributed by atoms with Gasteiger partial charge < -0.3 is 21.5 Å². The van der Waals surface area contributed by atoms with Gasteiger partial charge in [0.15, 0.2) is 5.65 Å². The Kier molecular flexibility index (Phi) is 7.13. The molecule has 2 heterocycles. The fourth-order valence-corrected chi connectivity index (χ4v) is 5.61. The SMILES string of the molecule is N#Cc1cc(F)c(Nc2nc3cnc(N[C@H]4CCC[C@@H](O)C4)nc3n2C2CCC(C(N)=O)CC2)c(Cl)c1. The van der Waals surface area contributed by atoms with E-state index in [0.29, 0.717) is 55.2 Å². The second-order valence-corrected chi connectivity index (χ2v) is 10.2. The number of nitrogens with one attached hydrogen (secondary N) is 2. The number of fused-ring (bicyclic) bond motifs is 1. The first-order valence-corrected chi connectivity index (χ1v) is 12.8. The van der Waals surface area contributed by atoms with E-state index < -0.39 is 5.82 Å². The van der Waals surface area contributed by atoms with Crippen LogP contribution in [0.5, 0.6) is 0 Å². The predicted molar refractivity (Wildman–Crippen MR) is 137 cm³/mol. The number of hydrogen-bond acceptors (Lipinski definition) is 8. The molecule has 0 spiro atoms. The van der Waals surface area contributed by atoms with E-state index in [2.05, 4.69) is 20.6 Å². The van der Waals surface area contributed by atoms with Gasteiger partial charge in [-0.25, -0.2) is 14.4 Å². The van der Waals surface area contributed by atoms with Gasteiger partial charge in [-0.3, -0.25) is 9.36 Å². The summed E-state index contributed by atoms with van der Waals surface area (Å²) in [7, 11) is 0. The molecule has 37 heavy (non-hydrogen) atoms. The van der Waals surface area contributed by atoms with E-state index in [9.17, 15) is 14.3 Å². The van der Waals surface area contributed by atoms with Crippen LogP contribution in [0.15, 0.2) is 18.3 Å². The van der Waals surface area contributed by atoms with Crippen molar-refractivity contribution in [2.45, 2.75) is 69.6 Å². The summed E-state index contributed by atoms with van der Waals surface area (Å²) in [5.74, 6) is -0.403. The number of nitriles is 1. The number of anilines is 3. The van der Waals surface area contributed by atoms with Crippen molar-refractivity contribution in [2.24, 2.45) is 11.7 Å². The third-order valence-corrected chi connectivity index (χ3v) is 7.58. The molecule has 0 unspecified atom stereocenters.